The topological polar surface area (TPSA) is 69.1 Å². The van der Waals surface area contributed by atoms with E-state index in [2.05, 4.69) is 0 Å². The van der Waals surface area contributed by atoms with Gasteiger partial charge in [0.15, 0.2) is 0 Å². The fourth-order valence-electron chi connectivity index (χ4n) is 0.331. The van der Waals surface area contributed by atoms with Crippen LogP contribution in [0.15, 0.2) is 0 Å². The molecule has 56 valence electrons. The van der Waals surface area contributed by atoms with Crippen LogP contribution < -0.4 is 11.5 Å². The summed E-state index contributed by atoms with van der Waals surface area (Å²) in [6, 6.07) is 0. The van der Waals surface area contributed by atoms with Crippen LogP contribution in [-0.4, -0.2) is 27.5 Å². The fraction of sp³-hybridized carbons (Fsp3) is 1.00. The quantitative estimate of drug-likeness (QED) is 0.533. The lowest BCUT2D eigenvalue weighted by Crippen LogP contribution is -2.12. The van der Waals surface area contributed by atoms with Crippen LogP contribution in [0.3, 0.4) is 0 Å². The molecule has 0 heterocycles. The van der Waals surface area contributed by atoms with E-state index >= 15 is 0 Å². The van der Waals surface area contributed by atoms with Crippen LogP contribution in [0.25, 0.3) is 0 Å². The molecular formula is C4H12N2OS2. The van der Waals surface area contributed by atoms with Gasteiger partial charge in [-0.3, -0.25) is 4.21 Å². The predicted octanol–water partition coefficient (Wildman–Crippen LogP) is -0.699. The van der Waals surface area contributed by atoms with Gasteiger partial charge in [0.25, 0.3) is 0 Å². The van der Waals surface area contributed by atoms with Gasteiger partial charge in [0.1, 0.15) is 0 Å². The molecule has 0 aliphatic carbocycles. The molecule has 3 nitrogen and oxygen atoms in total. The maximum Gasteiger partial charge on any atom is 0.0705 e. The van der Waals surface area contributed by atoms with Gasteiger partial charge in [-0.1, -0.05) is 0 Å². The fourth-order valence-corrected chi connectivity index (χ4v) is 2.19. The van der Waals surface area contributed by atoms with E-state index in [0.717, 1.165) is 0 Å². The Kier molecular flexibility index (Phi) is 6.84. The van der Waals surface area contributed by atoms with E-state index in [0.29, 0.717) is 23.3 Å². The first-order valence-corrected chi connectivity index (χ1v) is 5.28. The molecule has 0 saturated heterocycles. The van der Waals surface area contributed by atoms with E-state index < -0.39 is 10.8 Å². The van der Waals surface area contributed by atoms with Gasteiger partial charge in [0.05, 0.1) is 5.08 Å². The number of rotatable bonds is 5. The third-order valence-corrected chi connectivity index (χ3v) is 3.32. The standard InChI is InChI=1S/C4H12N2OS2/c5-1-2-9(7)4-8-3-6/h1-6H2. The van der Waals surface area contributed by atoms with Gasteiger partial charge >= 0.3 is 0 Å². The van der Waals surface area contributed by atoms with Crippen LogP contribution in [0, 0.1) is 0 Å². The molecule has 0 saturated carbocycles. The molecule has 0 radical (unpaired) electrons. The molecule has 0 rings (SSSR count). The Hall–Kier alpha value is 0.420. The van der Waals surface area contributed by atoms with Gasteiger partial charge in [-0.2, -0.15) is 0 Å². The molecule has 0 aliphatic rings. The molecule has 0 amide bonds. The van der Waals surface area contributed by atoms with Crippen molar-refractivity contribution < 1.29 is 4.21 Å². The van der Waals surface area contributed by atoms with Crippen molar-refractivity contribution in [3.63, 3.8) is 0 Å². The Morgan fingerprint density at radius 3 is 2.56 bits per heavy atom. The minimum absolute atomic E-state index is 0.498. The van der Waals surface area contributed by atoms with E-state index in [1.54, 1.807) is 0 Å². The Bertz CT molecular complexity index is 88.6. The largest absolute Gasteiger partial charge is 0.330 e. The van der Waals surface area contributed by atoms with Crippen LogP contribution in [0.5, 0.6) is 0 Å². The first kappa shape index (κ1) is 9.42. The van der Waals surface area contributed by atoms with E-state index in [-0.39, 0.29) is 0 Å². The van der Waals surface area contributed by atoms with Gasteiger partial charge < -0.3 is 11.5 Å². The second-order valence-electron chi connectivity index (χ2n) is 1.42. The minimum Gasteiger partial charge on any atom is -0.330 e. The van der Waals surface area contributed by atoms with Crippen molar-refractivity contribution in [3.8, 4) is 0 Å². The molecule has 0 bridgehead atoms. The second kappa shape index (κ2) is 6.54. The van der Waals surface area contributed by atoms with E-state index in [1.165, 1.54) is 11.8 Å². The summed E-state index contributed by atoms with van der Waals surface area (Å²) in [5.74, 6) is 1.13. The number of hydrogen-bond donors (Lipinski definition) is 2. The molecule has 0 fully saturated rings. The van der Waals surface area contributed by atoms with Crippen molar-refractivity contribution >= 4 is 22.6 Å². The van der Waals surface area contributed by atoms with Crippen molar-refractivity contribution in [2.24, 2.45) is 11.5 Å². The summed E-state index contributed by atoms with van der Waals surface area (Å²) in [7, 11) is -0.762. The second-order valence-corrected chi connectivity index (χ2v) is 4.39. The lowest BCUT2D eigenvalue weighted by atomic mass is 10.8. The van der Waals surface area contributed by atoms with E-state index in [1.807, 2.05) is 0 Å². The Labute approximate surface area is 62.0 Å². The van der Waals surface area contributed by atoms with Gasteiger partial charge in [-0.05, 0) is 0 Å². The molecule has 0 spiro atoms. The van der Waals surface area contributed by atoms with Crippen molar-refractivity contribution in [2.75, 3.05) is 23.3 Å². The third kappa shape index (κ3) is 6.30. The van der Waals surface area contributed by atoms with Crippen LogP contribution >= 0.6 is 11.8 Å². The molecule has 0 aromatic rings. The summed E-state index contributed by atoms with van der Waals surface area (Å²) < 4.78 is 10.8. The number of hydrogen-bond acceptors (Lipinski definition) is 4. The Morgan fingerprint density at radius 1 is 1.44 bits per heavy atom. The zero-order chi connectivity index (χ0) is 7.11. The normalized spacial score (nSPS) is 13.6. The molecule has 0 aliphatic heterocycles. The first-order valence-electron chi connectivity index (χ1n) is 2.64. The van der Waals surface area contributed by atoms with Crippen molar-refractivity contribution in [2.45, 2.75) is 0 Å². The minimum atomic E-state index is -0.762. The van der Waals surface area contributed by atoms with Gasteiger partial charge in [0, 0.05) is 29.0 Å². The molecule has 1 atom stereocenters. The van der Waals surface area contributed by atoms with Crippen molar-refractivity contribution in [1.29, 1.82) is 0 Å². The number of nitrogens with two attached hydrogens (primary N) is 2. The zero-order valence-corrected chi connectivity index (χ0v) is 6.84. The van der Waals surface area contributed by atoms with Crippen molar-refractivity contribution in [1.82, 2.24) is 0 Å². The average Bonchev–Trinajstić information content (AvgIpc) is 1.85. The highest BCUT2D eigenvalue weighted by Crippen LogP contribution is 1.97. The van der Waals surface area contributed by atoms with Gasteiger partial charge in [-0.25, -0.2) is 0 Å². The van der Waals surface area contributed by atoms with Crippen LogP contribution in [0.2, 0.25) is 0 Å². The summed E-state index contributed by atoms with van der Waals surface area (Å²) in [6.07, 6.45) is 0. The maximum atomic E-state index is 10.8. The molecule has 0 aromatic carbocycles. The molecule has 5 heteroatoms. The highest BCUT2D eigenvalue weighted by atomic mass is 32.2. The monoisotopic (exact) mass is 168 g/mol. The van der Waals surface area contributed by atoms with Gasteiger partial charge in [-0.15, -0.1) is 11.8 Å². The first-order chi connectivity index (χ1) is 4.31. The molecule has 4 N–H and O–H groups in total. The number of thioether (sulfide) groups is 1. The van der Waals surface area contributed by atoms with Crippen LogP contribution in [0.1, 0.15) is 0 Å². The molecule has 1 unspecified atom stereocenters. The summed E-state index contributed by atoms with van der Waals surface area (Å²) in [6.45, 7) is 0.498. The smallest absolute Gasteiger partial charge is 0.0705 e. The lowest BCUT2D eigenvalue weighted by molar-refractivity contribution is 0.686. The summed E-state index contributed by atoms with van der Waals surface area (Å²) >= 11 is 1.48. The predicted molar refractivity (Wildman–Crippen MR) is 43.6 cm³/mol. The third-order valence-electron chi connectivity index (χ3n) is 0.678. The van der Waals surface area contributed by atoms with Crippen LogP contribution in [0.4, 0.5) is 0 Å². The van der Waals surface area contributed by atoms with Crippen molar-refractivity contribution in [3.05, 3.63) is 0 Å². The van der Waals surface area contributed by atoms with Gasteiger partial charge in [0.2, 0.25) is 0 Å². The van der Waals surface area contributed by atoms with E-state index in [9.17, 15) is 4.21 Å². The van der Waals surface area contributed by atoms with Crippen LogP contribution in [-0.2, 0) is 10.8 Å². The molecule has 0 aromatic heterocycles. The van der Waals surface area contributed by atoms with E-state index in [4.69, 9.17) is 11.5 Å². The Balaban J connectivity index is 3.06. The maximum absolute atomic E-state index is 10.8. The SMILES string of the molecule is NCCS(=O)CSCN. The molecule has 9 heavy (non-hydrogen) atoms. The summed E-state index contributed by atoms with van der Waals surface area (Å²) in [5.41, 5.74) is 10.3. The highest BCUT2D eigenvalue weighted by molar-refractivity contribution is 8.10. The Morgan fingerprint density at radius 2 is 2.11 bits per heavy atom. The lowest BCUT2D eigenvalue weighted by Gasteiger charge is -1.96. The zero-order valence-electron chi connectivity index (χ0n) is 5.21. The summed E-state index contributed by atoms with van der Waals surface area (Å²) in [4.78, 5) is 0. The highest BCUT2D eigenvalue weighted by Gasteiger charge is 1.94. The summed E-state index contributed by atoms with van der Waals surface area (Å²) in [5, 5.41) is 0.619. The molecular weight excluding hydrogens is 156 g/mol. The average molecular weight is 168 g/mol.